The number of nitrogens with two attached hydrogens (primary N) is 1. The molecule has 1 aliphatic rings. The molecule has 0 spiro atoms. The molecular formula is C14H23N3O2S. The number of likely N-dealkylation sites (tertiary alicyclic amines) is 1. The molecule has 0 amide bonds. The maximum absolute atomic E-state index is 12.1. The minimum Gasteiger partial charge on any atom is -0.399 e. The number of benzene rings is 1. The lowest BCUT2D eigenvalue weighted by Gasteiger charge is -2.32. The van der Waals surface area contributed by atoms with Crippen LogP contribution in [0.3, 0.4) is 0 Å². The summed E-state index contributed by atoms with van der Waals surface area (Å²) in [6.07, 6.45) is 3.43. The molecule has 0 aliphatic carbocycles. The van der Waals surface area contributed by atoms with Gasteiger partial charge in [-0.15, -0.1) is 0 Å². The molecule has 1 aliphatic heterocycles. The van der Waals surface area contributed by atoms with Crippen molar-refractivity contribution in [2.45, 2.75) is 31.1 Å². The van der Waals surface area contributed by atoms with Gasteiger partial charge in [-0.1, -0.05) is 18.6 Å². The summed E-state index contributed by atoms with van der Waals surface area (Å²) in [7, 11) is -1.23. The molecule has 3 N–H and O–H groups in total. The van der Waals surface area contributed by atoms with Gasteiger partial charge in [0, 0.05) is 18.3 Å². The lowest BCUT2D eigenvalue weighted by molar-refractivity contribution is 0.187. The average Bonchev–Trinajstić information content (AvgIpc) is 2.40. The summed E-state index contributed by atoms with van der Waals surface area (Å²) in [6.45, 7) is 1.54. The number of hydrogen-bond donors (Lipinski definition) is 2. The fourth-order valence-corrected chi connectivity index (χ4v) is 3.69. The van der Waals surface area contributed by atoms with Gasteiger partial charge in [0.25, 0.3) is 0 Å². The van der Waals surface area contributed by atoms with Crippen molar-refractivity contribution in [1.29, 1.82) is 0 Å². The van der Waals surface area contributed by atoms with E-state index in [9.17, 15) is 8.42 Å². The molecule has 5 nitrogen and oxygen atoms in total. The second kappa shape index (κ2) is 6.56. The van der Waals surface area contributed by atoms with Crippen LogP contribution in [0.15, 0.2) is 24.3 Å². The van der Waals surface area contributed by atoms with E-state index in [-0.39, 0.29) is 5.75 Å². The summed E-state index contributed by atoms with van der Waals surface area (Å²) in [6, 6.07) is 7.26. The highest BCUT2D eigenvalue weighted by atomic mass is 32.2. The minimum atomic E-state index is -3.29. The molecule has 1 heterocycles. The second-order valence-electron chi connectivity index (χ2n) is 5.48. The Kier molecular flexibility index (Phi) is 5.01. The first-order valence-corrected chi connectivity index (χ1v) is 8.63. The van der Waals surface area contributed by atoms with Gasteiger partial charge in [-0.05, 0) is 44.1 Å². The number of hydrogen-bond acceptors (Lipinski definition) is 4. The number of rotatable bonds is 5. The Morgan fingerprint density at radius 3 is 2.65 bits per heavy atom. The van der Waals surface area contributed by atoms with Crippen molar-refractivity contribution in [3.8, 4) is 0 Å². The fourth-order valence-electron chi connectivity index (χ4n) is 2.51. The highest BCUT2D eigenvalue weighted by Crippen LogP contribution is 2.15. The number of nitrogens with one attached hydrogen (secondary N) is 1. The predicted octanol–water partition coefficient (Wildman–Crippen LogP) is 1.17. The summed E-state index contributed by atoms with van der Waals surface area (Å²) in [4.78, 5) is 2.23. The van der Waals surface area contributed by atoms with Crippen molar-refractivity contribution >= 4 is 15.7 Å². The summed E-state index contributed by atoms with van der Waals surface area (Å²) < 4.78 is 26.9. The molecule has 0 bridgehead atoms. The van der Waals surface area contributed by atoms with E-state index >= 15 is 0 Å². The van der Waals surface area contributed by atoms with E-state index < -0.39 is 10.0 Å². The van der Waals surface area contributed by atoms with Crippen molar-refractivity contribution in [3.05, 3.63) is 29.8 Å². The highest BCUT2D eigenvalue weighted by Gasteiger charge is 2.21. The van der Waals surface area contributed by atoms with Gasteiger partial charge in [-0.2, -0.15) is 0 Å². The number of likely N-dealkylation sites (N-methyl/N-ethyl adjacent to an activating group) is 1. The summed E-state index contributed by atoms with van der Waals surface area (Å²) in [5.41, 5.74) is 6.99. The zero-order valence-electron chi connectivity index (χ0n) is 11.9. The lowest BCUT2D eigenvalue weighted by atomic mass is 10.0. The smallest absolute Gasteiger partial charge is 0.215 e. The second-order valence-corrected chi connectivity index (χ2v) is 7.29. The molecule has 1 unspecified atom stereocenters. The van der Waals surface area contributed by atoms with Crippen molar-refractivity contribution < 1.29 is 8.42 Å². The number of piperidine rings is 1. The molecule has 1 fully saturated rings. The van der Waals surface area contributed by atoms with E-state index in [0.29, 0.717) is 18.3 Å². The van der Waals surface area contributed by atoms with Gasteiger partial charge in [-0.3, -0.25) is 0 Å². The monoisotopic (exact) mass is 297 g/mol. The number of nitrogen functional groups attached to an aromatic ring is 1. The standard InChI is InChI=1S/C14H23N3O2S/c1-17-9-3-2-4-14(17)10-16-20(18,19)11-12-5-7-13(15)8-6-12/h5-8,14,16H,2-4,9-11,15H2,1H3. The molecule has 2 rings (SSSR count). The van der Waals surface area contributed by atoms with Crippen LogP contribution in [0.4, 0.5) is 5.69 Å². The van der Waals surface area contributed by atoms with Crippen molar-refractivity contribution in [2.75, 3.05) is 25.9 Å². The lowest BCUT2D eigenvalue weighted by Crippen LogP contribution is -2.44. The Labute approximate surface area is 121 Å². The zero-order valence-corrected chi connectivity index (χ0v) is 12.7. The van der Waals surface area contributed by atoms with Crippen LogP contribution in [0.2, 0.25) is 0 Å². The van der Waals surface area contributed by atoms with E-state index in [0.717, 1.165) is 18.5 Å². The number of anilines is 1. The first-order chi connectivity index (χ1) is 9.46. The third-order valence-corrected chi connectivity index (χ3v) is 5.12. The van der Waals surface area contributed by atoms with Crippen LogP contribution >= 0.6 is 0 Å². The quantitative estimate of drug-likeness (QED) is 0.800. The Bertz CT molecular complexity index is 528. The maximum Gasteiger partial charge on any atom is 0.215 e. The average molecular weight is 297 g/mol. The molecule has 0 aromatic heterocycles. The van der Waals surface area contributed by atoms with Gasteiger partial charge < -0.3 is 10.6 Å². The van der Waals surface area contributed by atoms with Gasteiger partial charge >= 0.3 is 0 Å². The largest absolute Gasteiger partial charge is 0.399 e. The van der Waals surface area contributed by atoms with Crippen molar-refractivity contribution in [2.24, 2.45) is 0 Å². The highest BCUT2D eigenvalue weighted by molar-refractivity contribution is 7.88. The topological polar surface area (TPSA) is 75.4 Å². The van der Waals surface area contributed by atoms with E-state index in [2.05, 4.69) is 16.7 Å². The third kappa shape index (κ3) is 4.47. The third-order valence-electron chi connectivity index (χ3n) is 3.80. The summed E-state index contributed by atoms with van der Waals surface area (Å²) in [5.74, 6) is 0.00368. The Morgan fingerprint density at radius 1 is 1.30 bits per heavy atom. The van der Waals surface area contributed by atoms with E-state index in [4.69, 9.17) is 5.73 Å². The minimum absolute atomic E-state index is 0.00368. The Balaban J connectivity index is 1.89. The molecule has 6 heteroatoms. The van der Waals surface area contributed by atoms with Crippen LogP contribution < -0.4 is 10.5 Å². The predicted molar refractivity (Wildman–Crippen MR) is 81.7 cm³/mol. The van der Waals surface area contributed by atoms with Gasteiger partial charge in [0.15, 0.2) is 0 Å². The molecule has 1 aromatic rings. The molecule has 20 heavy (non-hydrogen) atoms. The van der Waals surface area contributed by atoms with Gasteiger partial charge in [0.2, 0.25) is 10.0 Å². The van der Waals surface area contributed by atoms with Crippen LogP contribution in [0, 0.1) is 0 Å². The van der Waals surface area contributed by atoms with Crippen molar-refractivity contribution in [1.82, 2.24) is 9.62 Å². The molecule has 112 valence electrons. The Morgan fingerprint density at radius 2 is 2.00 bits per heavy atom. The van der Waals surface area contributed by atoms with Crippen LogP contribution in [-0.4, -0.2) is 39.5 Å². The van der Waals surface area contributed by atoms with Gasteiger partial charge in [0.05, 0.1) is 5.75 Å². The van der Waals surface area contributed by atoms with Crippen LogP contribution in [-0.2, 0) is 15.8 Å². The van der Waals surface area contributed by atoms with Gasteiger partial charge in [0.1, 0.15) is 0 Å². The molecule has 0 saturated carbocycles. The van der Waals surface area contributed by atoms with Crippen molar-refractivity contribution in [3.63, 3.8) is 0 Å². The van der Waals surface area contributed by atoms with Gasteiger partial charge in [-0.25, -0.2) is 13.1 Å². The molecule has 1 atom stereocenters. The number of sulfonamides is 1. The van der Waals surface area contributed by atoms with Crippen LogP contribution in [0.1, 0.15) is 24.8 Å². The Hall–Kier alpha value is -1.11. The normalized spacial score (nSPS) is 20.9. The molecular weight excluding hydrogens is 274 g/mol. The summed E-state index contributed by atoms with van der Waals surface area (Å²) >= 11 is 0. The number of nitrogens with zero attached hydrogens (tertiary/aromatic N) is 1. The summed E-state index contributed by atoms with van der Waals surface area (Å²) in [5, 5.41) is 0. The molecule has 0 radical (unpaired) electrons. The first kappa shape index (κ1) is 15.3. The fraction of sp³-hybridized carbons (Fsp3) is 0.571. The maximum atomic E-state index is 12.1. The SMILES string of the molecule is CN1CCCCC1CNS(=O)(=O)Cc1ccc(N)cc1. The van der Waals surface area contributed by atoms with Crippen LogP contribution in [0.25, 0.3) is 0 Å². The van der Waals surface area contributed by atoms with E-state index in [1.54, 1.807) is 24.3 Å². The first-order valence-electron chi connectivity index (χ1n) is 6.98. The molecule has 1 saturated heterocycles. The zero-order chi connectivity index (χ0) is 14.6. The van der Waals surface area contributed by atoms with E-state index in [1.165, 1.54) is 12.8 Å². The molecule has 1 aromatic carbocycles. The van der Waals surface area contributed by atoms with Crippen LogP contribution in [0.5, 0.6) is 0 Å². The van der Waals surface area contributed by atoms with E-state index in [1.807, 2.05) is 0 Å².